The van der Waals surface area contributed by atoms with Gasteiger partial charge in [0, 0.05) is 5.02 Å². The van der Waals surface area contributed by atoms with Crippen LogP contribution in [0.15, 0.2) is 36.4 Å². The van der Waals surface area contributed by atoms with Gasteiger partial charge in [-0.2, -0.15) is 0 Å². The van der Waals surface area contributed by atoms with Crippen LogP contribution < -0.4 is 9.62 Å². The second-order valence-electron chi connectivity index (χ2n) is 6.74. The highest BCUT2D eigenvalue weighted by Crippen LogP contribution is 2.30. The number of sulfonamides is 1. The fraction of sp³-hybridized carbons (Fsp3) is 0.350. The fourth-order valence-corrected chi connectivity index (χ4v) is 4.13. The first-order valence-corrected chi connectivity index (χ1v) is 11.4. The van der Waals surface area contributed by atoms with Crippen molar-refractivity contribution in [2.24, 2.45) is 0 Å². The van der Waals surface area contributed by atoms with Gasteiger partial charge in [-0.3, -0.25) is 9.10 Å². The second kappa shape index (κ2) is 9.16. The third-order valence-corrected chi connectivity index (χ3v) is 6.22. The number of rotatable bonds is 7. The minimum atomic E-state index is -3.74. The lowest BCUT2D eigenvalue weighted by molar-refractivity contribution is -0.120. The molecule has 28 heavy (non-hydrogen) atoms. The van der Waals surface area contributed by atoms with Crippen LogP contribution >= 0.6 is 23.2 Å². The molecule has 8 heteroatoms. The molecule has 152 valence electrons. The third-order valence-electron chi connectivity index (χ3n) is 4.54. The first-order chi connectivity index (χ1) is 13.0. The number of aryl methyl sites for hydroxylation is 2. The van der Waals surface area contributed by atoms with Gasteiger partial charge in [-0.15, -0.1) is 0 Å². The maximum Gasteiger partial charge on any atom is 0.241 e. The van der Waals surface area contributed by atoms with Crippen LogP contribution in [0.4, 0.5) is 5.69 Å². The van der Waals surface area contributed by atoms with E-state index in [1.807, 2.05) is 39.0 Å². The number of nitrogens with one attached hydrogen (secondary N) is 1. The molecule has 5 nitrogen and oxygen atoms in total. The number of carbonyl (C=O) groups is 1. The summed E-state index contributed by atoms with van der Waals surface area (Å²) >= 11 is 12.1. The van der Waals surface area contributed by atoms with Crippen molar-refractivity contribution in [2.45, 2.75) is 33.2 Å². The molecule has 0 aliphatic heterocycles. The zero-order valence-electron chi connectivity index (χ0n) is 16.3. The van der Waals surface area contributed by atoms with Crippen LogP contribution in [0.5, 0.6) is 0 Å². The Labute approximate surface area is 176 Å². The molecule has 0 saturated heterocycles. The zero-order valence-corrected chi connectivity index (χ0v) is 18.6. The Morgan fingerprint density at radius 3 is 2.36 bits per heavy atom. The number of benzene rings is 2. The normalized spacial score (nSPS) is 12.5. The minimum absolute atomic E-state index is 0.172. The average Bonchev–Trinajstić information content (AvgIpc) is 2.61. The van der Waals surface area contributed by atoms with E-state index in [1.54, 1.807) is 6.07 Å². The molecule has 0 fully saturated rings. The summed E-state index contributed by atoms with van der Waals surface area (Å²) in [6.45, 7) is 5.61. The van der Waals surface area contributed by atoms with Gasteiger partial charge in [-0.25, -0.2) is 8.42 Å². The van der Waals surface area contributed by atoms with Crippen molar-refractivity contribution < 1.29 is 13.2 Å². The smallest absolute Gasteiger partial charge is 0.241 e. The maximum absolute atomic E-state index is 12.7. The summed E-state index contributed by atoms with van der Waals surface area (Å²) < 4.78 is 25.5. The topological polar surface area (TPSA) is 66.5 Å². The van der Waals surface area contributed by atoms with Gasteiger partial charge >= 0.3 is 0 Å². The van der Waals surface area contributed by atoms with Crippen molar-refractivity contribution in [1.29, 1.82) is 0 Å². The molecule has 0 spiro atoms. The molecule has 1 N–H and O–H groups in total. The molecule has 0 heterocycles. The Morgan fingerprint density at radius 2 is 1.79 bits per heavy atom. The van der Waals surface area contributed by atoms with Gasteiger partial charge in [-0.1, -0.05) is 48.3 Å². The van der Waals surface area contributed by atoms with Crippen LogP contribution in [0.25, 0.3) is 0 Å². The van der Waals surface area contributed by atoms with E-state index in [9.17, 15) is 13.2 Å². The van der Waals surface area contributed by atoms with E-state index in [2.05, 4.69) is 5.32 Å². The maximum atomic E-state index is 12.7. The predicted octanol–water partition coefficient (Wildman–Crippen LogP) is 4.64. The minimum Gasteiger partial charge on any atom is -0.348 e. The molecule has 0 saturated carbocycles. The summed E-state index contributed by atoms with van der Waals surface area (Å²) in [7, 11) is -3.74. The van der Waals surface area contributed by atoms with E-state index in [1.165, 1.54) is 17.7 Å². The first-order valence-electron chi connectivity index (χ1n) is 8.82. The van der Waals surface area contributed by atoms with Crippen molar-refractivity contribution >= 4 is 44.8 Å². The van der Waals surface area contributed by atoms with Crippen LogP contribution in [0.1, 0.15) is 36.1 Å². The lowest BCUT2D eigenvalue weighted by Crippen LogP contribution is -2.41. The van der Waals surface area contributed by atoms with E-state index in [-0.39, 0.29) is 23.3 Å². The highest BCUT2D eigenvalue weighted by molar-refractivity contribution is 7.92. The van der Waals surface area contributed by atoms with Crippen LogP contribution in [0.2, 0.25) is 10.0 Å². The molecule has 0 bridgehead atoms. The fourth-order valence-electron chi connectivity index (χ4n) is 2.83. The molecule has 2 aromatic rings. The van der Waals surface area contributed by atoms with Crippen LogP contribution in [0.3, 0.4) is 0 Å². The number of halogens is 2. The summed E-state index contributed by atoms with van der Waals surface area (Å²) in [4.78, 5) is 12.7. The van der Waals surface area contributed by atoms with Gasteiger partial charge < -0.3 is 5.32 Å². The lowest BCUT2D eigenvalue weighted by Gasteiger charge is -2.25. The Morgan fingerprint density at radius 1 is 1.11 bits per heavy atom. The van der Waals surface area contributed by atoms with Crippen LogP contribution in [-0.2, 0) is 14.8 Å². The monoisotopic (exact) mass is 442 g/mol. The van der Waals surface area contributed by atoms with Crippen molar-refractivity contribution in [3.63, 3.8) is 0 Å². The molecule has 0 aliphatic carbocycles. The molecule has 2 rings (SSSR count). The molecule has 0 radical (unpaired) electrons. The number of anilines is 1. The van der Waals surface area contributed by atoms with E-state index < -0.39 is 15.9 Å². The first kappa shape index (κ1) is 22.5. The number of hydrogen-bond donors (Lipinski definition) is 1. The van der Waals surface area contributed by atoms with Crippen LogP contribution in [-0.4, -0.2) is 27.1 Å². The third kappa shape index (κ3) is 5.63. The molecule has 2 aromatic carbocycles. The average molecular weight is 443 g/mol. The molecule has 1 amide bonds. The summed E-state index contributed by atoms with van der Waals surface area (Å²) in [5, 5.41) is 3.44. The second-order valence-corrected chi connectivity index (χ2v) is 9.49. The molecule has 0 unspecified atom stereocenters. The van der Waals surface area contributed by atoms with E-state index in [0.29, 0.717) is 11.4 Å². The van der Waals surface area contributed by atoms with Gasteiger partial charge in [0.25, 0.3) is 0 Å². The number of amides is 1. The summed E-state index contributed by atoms with van der Waals surface area (Å²) in [6, 6.07) is 10.3. The Kier molecular flexibility index (Phi) is 7.37. The van der Waals surface area contributed by atoms with E-state index in [0.717, 1.165) is 21.7 Å². The Hall–Kier alpha value is -1.76. The molecule has 0 aromatic heterocycles. The predicted molar refractivity (Wildman–Crippen MR) is 116 cm³/mol. The van der Waals surface area contributed by atoms with Crippen molar-refractivity contribution in [2.75, 3.05) is 17.1 Å². The number of hydrogen-bond acceptors (Lipinski definition) is 3. The zero-order chi connectivity index (χ0) is 21.1. The Bertz CT molecular complexity index is 977. The van der Waals surface area contributed by atoms with Crippen molar-refractivity contribution in [3.8, 4) is 0 Å². The standard InChI is InChI=1S/C20H24Cl2N2O3S/c1-5-18(15-7-6-13(2)14(3)10-15)23-20(25)12-24(28(4,26)27)19-11-16(21)8-9-17(19)22/h6-11,18H,5,12H2,1-4H3,(H,23,25)/t18-/m1/s1. The van der Waals surface area contributed by atoms with Gasteiger partial charge in [0.1, 0.15) is 6.54 Å². The number of carbonyl (C=O) groups excluding carboxylic acids is 1. The van der Waals surface area contributed by atoms with E-state index in [4.69, 9.17) is 23.2 Å². The molecule has 1 atom stereocenters. The summed E-state index contributed by atoms with van der Waals surface area (Å²) in [6.07, 6.45) is 1.70. The van der Waals surface area contributed by atoms with Gasteiger partial charge in [0.05, 0.1) is 23.0 Å². The van der Waals surface area contributed by atoms with Crippen molar-refractivity contribution in [1.82, 2.24) is 5.32 Å². The van der Waals surface area contributed by atoms with E-state index >= 15 is 0 Å². The SMILES string of the molecule is CC[C@@H](NC(=O)CN(c1cc(Cl)ccc1Cl)S(C)(=O)=O)c1ccc(C)c(C)c1. The van der Waals surface area contributed by atoms with Gasteiger partial charge in [0.15, 0.2) is 0 Å². The summed E-state index contributed by atoms with van der Waals surface area (Å²) in [5.74, 6) is -0.424. The highest BCUT2D eigenvalue weighted by Gasteiger charge is 2.24. The lowest BCUT2D eigenvalue weighted by atomic mass is 9.99. The summed E-state index contributed by atoms with van der Waals surface area (Å²) in [5.41, 5.74) is 3.45. The number of nitrogens with zero attached hydrogens (tertiary/aromatic N) is 1. The quantitative estimate of drug-likeness (QED) is 0.678. The molecular weight excluding hydrogens is 419 g/mol. The van der Waals surface area contributed by atoms with Gasteiger partial charge in [0.2, 0.25) is 15.9 Å². The van der Waals surface area contributed by atoms with Crippen LogP contribution in [0, 0.1) is 13.8 Å². The van der Waals surface area contributed by atoms with Gasteiger partial charge in [-0.05, 0) is 55.2 Å². The highest BCUT2D eigenvalue weighted by atomic mass is 35.5. The van der Waals surface area contributed by atoms with Crippen molar-refractivity contribution in [3.05, 3.63) is 63.1 Å². The molecular formula is C20H24Cl2N2O3S. The largest absolute Gasteiger partial charge is 0.348 e. The molecule has 0 aliphatic rings. The Balaban J connectivity index is 2.25.